The molecule has 32 heavy (non-hydrogen) atoms. The standard InChI is InChI=1S/C24H25FN4O3/c25-19-9-7-16(8-10-19)14-26-22(30)12-11-21-24(31)27-23(29-28-21)18-5-2-6-20(13-18)32-15-17-3-1-4-17/h2,5-10,13,17H,1,3-4,11-12,14-15H2,(H,26,30)(H,27,29,31). The second-order valence-electron chi connectivity index (χ2n) is 7.99. The molecule has 1 aliphatic carbocycles. The molecule has 2 aromatic carbocycles. The zero-order valence-corrected chi connectivity index (χ0v) is 17.6. The third-order valence-electron chi connectivity index (χ3n) is 5.57. The summed E-state index contributed by atoms with van der Waals surface area (Å²) < 4.78 is 18.8. The minimum Gasteiger partial charge on any atom is -0.493 e. The fourth-order valence-electron chi connectivity index (χ4n) is 3.38. The van der Waals surface area contributed by atoms with Gasteiger partial charge in [0.15, 0.2) is 5.82 Å². The number of benzene rings is 2. The molecule has 166 valence electrons. The lowest BCUT2D eigenvalue weighted by atomic mass is 9.86. The van der Waals surface area contributed by atoms with E-state index in [1.807, 2.05) is 24.3 Å². The number of nitrogens with one attached hydrogen (secondary N) is 2. The third kappa shape index (κ3) is 5.78. The predicted molar refractivity (Wildman–Crippen MR) is 117 cm³/mol. The van der Waals surface area contributed by atoms with Gasteiger partial charge < -0.3 is 15.0 Å². The van der Waals surface area contributed by atoms with Gasteiger partial charge in [0.1, 0.15) is 17.3 Å². The number of aryl methyl sites for hydroxylation is 1. The molecule has 7 nitrogen and oxygen atoms in total. The number of aromatic amines is 1. The summed E-state index contributed by atoms with van der Waals surface area (Å²) in [4.78, 5) is 27.2. The van der Waals surface area contributed by atoms with Crippen LogP contribution in [0.4, 0.5) is 4.39 Å². The molecule has 0 unspecified atom stereocenters. The highest BCUT2D eigenvalue weighted by Crippen LogP contribution is 2.28. The molecular formula is C24H25FN4O3. The number of amides is 1. The van der Waals surface area contributed by atoms with Gasteiger partial charge in [-0.25, -0.2) is 4.39 Å². The van der Waals surface area contributed by atoms with Crippen LogP contribution in [0, 0.1) is 11.7 Å². The fourth-order valence-corrected chi connectivity index (χ4v) is 3.38. The second-order valence-corrected chi connectivity index (χ2v) is 7.99. The van der Waals surface area contributed by atoms with Crippen molar-refractivity contribution in [1.82, 2.24) is 20.5 Å². The van der Waals surface area contributed by atoms with Gasteiger partial charge in [-0.2, -0.15) is 0 Å². The minimum atomic E-state index is -0.373. The lowest BCUT2D eigenvalue weighted by molar-refractivity contribution is -0.121. The number of carbonyl (C=O) groups excluding carboxylic acids is 1. The van der Waals surface area contributed by atoms with Crippen LogP contribution < -0.4 is 15.6 Å². The Hall–Kier alpha value is -3.55. The first-order chi connectivity index (χ1) is 15.6. The molecule has 0 aliphatic heterocycles. The number of hydrogen-bond donors (Lipinski definition) is 2. The molecule has 0 bridgehead atoms. The van der Waals surface area contributed by atoms with Crippen LogP contribution in [-0.4, -0.2) is 27.7 Å². The second kappa shape index (κ2) is 10.2. The molecule has 1 saturated carbocycles. The van der Waals surface area contributed by atoms with Crippen LogP contribution in [0.1, 0.15) is 36.9 Å². The van der Waals surface area contributed by atoms with E-state index < -0.39 is 0 Å². The van der Waals surface area contributed by atoms with Crippen molar-refractivity contribution in [3.05, 3.63) is 76.0 Å². The van der Waals surface area contributed by atoms with E-state index in [0.717, 1.165) is 11.3 Å². The molecular weight excluding hydrogens is 411 g/mol. The smallest absolute Gasteiger partial charge is 0.273 e. The van der Waals surface area contributed by atoms with Crippen LogP contribution in [0.3, 0.4) is 0 Å². The highest BCUT2D eigenvalue weighted by molar-refractivity contribution is 5.76. The van der Waals surface area contributed by atoms with Crippen LogP contribution in [-0.2, 0) is 17.8 Å². The van der Waals surface area contributed by atoms with E-state index in [2.05, 4.69) is 20.5 Å². The molecule has 4 rings (SSSR count). The first kappa shape index (κ1) is 21.7. The van der Waals surface area contributed by atoms with Crippen molar-refractivity contribution in [2.45, 2.75) is 38.6 Å². The van der Waals surface area contributed by atoms with Crippen LogP contribution in [0.15, 0.2) is 53.3 Å². The Morgan fingerprint density at radius 3 is 2.69 bits per heavy atom. The number of aromatic nitrogens is 3. The van der Waals surface area contributed by atoms with Gasteiger partial charge in [0, 0.05) is 24.9 Å². The predicted octanol–water partition coefficient (Wildman–Crippen LogP) is 3.40. The number of ether oxygens (including phenoxy) is 1. The molecule has 2 N–H and O–H groups in total. The highest BCUT2D eigenvalue weighted by atomic mass is 19.1. The van der Waals surface area contributed by atoms with Gasteiger partial charge in [0.2, 0.25) is 5.91 Å². The number of rotatable bonds is 9. The third-order valence-corrected chi connectivity index (χ3v) is 5.57. The Kier molecular flexibility index (Phi) is 6.89. The molecule has 1 amide bonds. The SMILES string of the molecule is O=C(CCc1nnc(-c2cccc(OCC3CCC3)c2)[nH]c1=O)NCc1ccc(F)cc1. The molecule has 3 aromatic rings. The van der Waals surface area contributed by atoms with Crippen LogP contribution in [0.2, 0.25) is 0 Å². The van der Waals surface area contributed by atoms with E-state index in [9.17, 15) is 14.0 Å². The van der Waals surface area contributed by atoms with Crippen molar-refractivity contribution >= 4 is 5.91 Å². The summed E-state index contributed by atoms with van der Waals surface area (Å²) in [5, 5.41) is 10.9. The molecule has 0 radical (unpaired) electrons. The molecule has 0 saturated heterocycles. The summed E-state index contributed by atoms with van der Waals surface area (Å²) in [5.41, 5.74) is 1.33. The number of halogens is 1. The molecule has 8 heteroatoms. The van der Waals surface area contributed by atoms with Crippen molar-refractivity contribution in [3.63, 3.8) is 0 Å². The summed E-state index contributed by atoms with van der Waals surface area (Å²) in [6.07, 6.45) is 3.97. The van der Waals surface area contributed by atoms with Crippen LogP contribution in [0.25, 0.3) is 11.4 Å². The first-order valence-corrected chi connectivity index (χ1v) is 10.8. The van der Waals surface area contributed by atoms with Gasteiger partial charge in [-0.15, -0.1) is 10.2 Å². The zero-order chi connectivity index (χ0) is 22.3. The summed E-state index contributed by atoms with van der Waals surface area (Å²) in [5.74, 6) is 1.17. The maximum absolute atomic E-state index is 12.9. The van der Waals surface area contributed by atoms with E-state index in [4.69, 9.17) is 4.74 Å². The largest absolute Gasteiger partial charge is 0.493 e. The average molecular weight is 436 g/mol. The lowest BCUT2D eigenvalue weighted by Gasteiger charge is -2.25. The zero-order valence-electron chi connectivity index (χ0n) is 17.6. The van der Waals surface area contributed by atoms with Gasteiger partial charge in [-0.3, -0.25) is 9.59 Å². The Labute approximate surface area is 185 Å². The summed E-state index contributed by atoms with van der Waals surface area (Å²) in [7, 11) is 0. The van der Waals surface area contributed by atoms with Gasteiger partial charge in [0.05, 0.1) is 6.61 Å². The minimum absolute atomic E-state index is 0.1000. The number of hydrogen-bond acceptors (Lipinski definition) is 5. The lowest BCUT2D eigenvalue weighted by Crippen LogP contribution is -2.25. The maximum Gasteiger partial charge on any atom is 0.273 e. The number of nitrogens with zero attached hydrogens (tertiary/aromatic N) is 2. The molecule has 0 atom stereocenters. The van der Waals surface area contributed by atoms with Crippen molar-refractivity contribution in [1.29, 1.82) is 0 Å². The maximum atomic E-state index is 12.9. The van der Waals surface area contributed by atoms with E-state index in [1.165, 1.54) is 31.4 Å². The van der Waals surface area contributed by atoms with Crippen LogP contribution >= 0.6 is 0 Å². The van der Waals surface area contributed by atoms with E-state index in [-0.39, 0.29) is 35.8 Å². The van der Waals surface area contributed by atoms with Crippen LogP contribution in [0.5, 0.6) is 5.75 Å². The van der Waals surface area contributed by atoms with Gasteiger partial charge in [-0.05, 0) is 48.6 Å². The molecule has 1 aliphatic rings. The topological polar surface area (TPSA) is 97.0 Å². The Bertz CT molecular complexity index is 1130. The highest BCUT2D eigenvalue weighted by Gasteiger charge is 2.18. The van der Waals surface area contributed by atoms with Crippen molar-refractivity contribution < 1.29 is 13.9 Å². The molecule has 1 aromatic heterocycles. The normalized spacial score (nSPS) is 13.4. The summed E-state index contributed by atoms with van der Waals surface area (Å²) in [6.45, 7) is 0.993. The Morgan fingerprint density at radius 2 is 1.97 bits per heavy atom. The quantitative estimate of drug-likeness (QED) is 0.536. The van der Waals surface area contributed by atoms with Crippen molar-refractivity contribution in [2.75, 3.05) is 6.61 Å². The summed E-state index contributed by atoms with van der Waals surface area (Å²) >= 11 is 0. The van der Waals surface area contributed by atoms with Crippen molar-refractivity contribution in [3.8, 4) is 17.1 Å². The Morgan fingerprint density at radius 1 is 1.16 bits per heavy atom. The van der Waals surface area contributed by atoms with E-state index >= 15 is 0 Å². The van der Waals surface area contributed by atoms with E-state index in [0.29, 0.717) is 30.5 Å². The molecule has 1 fully saturated rings. The summed E-state index contributed by atoms with van der Waals surface area (Å²) in [6, 6.07) is 13.3. The van der Waals surface area contributed by atoms with Gasteiger partial charge in [0.25, 0.3) is 5.56 Å². The monoisotopic (exact) mass is 436 g/mol. The Balaban J connectivity index is 1.31. The van der Waals surface area contributed by atoms with Gasteiger partial charge in [-0.1, -0.05) is 30.7 Å². The number of carbonyl (C=O) groups is 1. The molecule has 0 spiro atoms. The average Bonchev–Trinajstić information content (AvgIpc) is 2.77. The van der Waals surface area contributed by atoms with E-state index in [1.54, 1.807) is 12.1 Å². The molecule has 1 heterocycles. The number of H-pyrrole nitrogens is 1. The fraction of sp³-hybridized carbons (Fsp3) is 0.333. The first-order valence-electron chi connectivity index (χ1n) is 10.8. The van der Waals surface area contributed by atoms with Gasteiger partial charge >= 0.3 is 0 Å². The van der Waals surface area contributed by atoms with Crippen molar-refractivity contribution in [2.24, 2.45) is 5.92 Å².